The Balaban J connectivity index is 2.36. The van der Waals surface area contributed by atoms with E-state index in [4.69, 9.17) is 9.47 Å². The van der Waals surface area contributed by atoms with Crippen molar-refractivity contribution >= 4 is 15.9 Å². The van der Waals surface area contributed by atoms with Gasteiger partial charge >= 0.3 is 0 Å². The maximum atomic E-state index is 4.89. The number of rotatable bonds is 1. The summed E-state index contributed by atoms with van der Waals surface area (Å²) in [6.07, 6.45) is 1.61. The van der Waals surface area contributed by atoms with Gasteiger partial charge in [-0.05, 0) is 0 Å². The standard InChI is InChI=1S/C4H5BrO2/c5-1-4-2-6-3-7-4/h2H,1,3H2. The van der Waals surface area contributed by atoms with E-state index < -0.39 is 0 Å². The third-order valence-electron chi connectivity index (χ3n) is 0.659. The fraction of sp³-hybridized carbons (Fsp3) is 0.500. The largest absolute Gasteiger partial charge is 0.462 e. The second kappa shape index (κ2) is 2.21. The molecular weight excluding hydrogens is 160 g/mol. The average Bonchev–Trinajstić information content (AvgIpc) is 2.14. The first kappa shape index (κ1) is 4.97. The van der Waals surface area contributed by atoms with Crippen molar-refractivity contribution < 1.29 is 9.47 Å². The third-order valence-corrected chi connectivity index (χ3v) is 1.21. The fourth-order valence-corrected chi connectivity index (χ4v) is 0.635. The molecule has 40 valence electrons. The van der Waals surface area contributed by atoms with Crippen molar-refractivity contribution in [3.63, 3.8) is 0 Å². The highest BCUT2D eigenvalue weighted by Crippen LogP contribution is 2.07. The minimum absolute atomic E-state index is 0.376. The Bertz CT molecular complexity index is 89.7. The number of allylic oxidation sites excluding steroid dienone is 1. The van der Waals surface area contributed by atoms with E-state index in [2.05, 4.69) is 15.9 Å². The van der Waals surface area contributed by atoms with Gasteiger partial charge in [-0.15, -0.1) is 0 Å². The third kappa shape index (κ3) is 1.09. The number of halogens is 1. The predicted octanol–water partition coefficient (Wildman–Crippen LogP) is 1.23. The molecular formula is C4H5BrO2. The molecule has 0 atom stereocenters. The Labute approximate surface area is 50.2 Å². The molecule has 0 spiro atoms. The van der Waals surface area contributed by atoms with Crippen LogP contribution < -0.4 is 0 Å². The Kier molecular flexibility index (Phi) is 1.57. The van der Waals surface area contributed by atoms with E-state index in [1.165, 1.54) is 0 Å². The van der Waals surface area contributed by atoms with Crippen LogP contribution in [0.25, 0.3) is 0 Å². The van der Waals surface area contributed by atoms with E-state index >= 15 is 0 Å². The minimum Gasteiger partial charge on any atom is -0.462 e. The van der Waals surface area contributed by atoms with Crippen LogP contribution in [-0.2, 0) is 9.47 Å². The lowest BCUT2D eigenvalue weighted by Gasteiger charge is -1.90. The van der Waals surface area contributed by atoms with Gasteiger partial charge in [0, 0.05) is 0 Å². The molecule has 0 radical (unpaired) electrons. The Morgan fingerprint density at radius 2 is 2.71 bits per heavy atom. The topological polar surface area (TPSA) is 18.5 Å². The van der Waals surface area contributed by atoms with Crippen molar-refractivity contribution in [1.82, 2.24) is 0 Å². The van der Waals surface area contributed by atoms with Gasteiger partial charge in [0.25, 0.3) is 0 Å². The van der Waals surface area contributed by atoms with Crippen molar-refractivity contribution in [1.29, 1.82) is 0 Å². The SMILES string of the molecule is BrCC1=COCO1. The molecule has 0 aromatic heterocycles. The molecule has 0 amide bonds. The van der Waals surface area contributed by atoms with Gasteiger partial charge in [-0.3, -0.25) is 0 Å². The number of hydrogen-bond acceptors (Lipinski definition) is 2. The van der Waals surface area contributed by atoms with Gasteiger partial charge in [-0.25, -0.2) is 0 Å². The predicted molar refractivity (Wildman–Crippen MR) is 28.9 cm³/mol. The van der Waals surface area contributed by atoms with Gasteiger partial charge in [0.2, 0.25) is 6.79 Å². The number of alkyl halides is 1. The van der Waals surface area contributed by atoms with E-state index in [1.54, 1.807) is 6.26 Å². The van der Waals surface area contributed by atoms with Crippen molar-refractivity contribution in [3.05, 3.63) is 12.0 Å². The zero-order valence-corrected chi connectivity index (χ0v) is 5.27. The Morgan fingerprint density at radius 3 is 3.00 bits per heavy atom. The monoisotopic (exact) mass is 164 g/mol. The second-order valence-electron chi connectivity index (χ2n) is 1.15. The van der Waals surface area contributed by atoms with Gasteiger partial charge in [0.1, 0.15) is 12.0 Å². The highest BCUT2D eigenvalue weighted by atomic mass is 79.9. The van der Waals surface area contributed by atoms with Gasteiger partial charge < -0.3 is 9.47 Å². The molecule has 0 N–H and O–H groups in total. The van der Waals surface area contributed by atoms with Gasteiger partial charge in [-0.1, -0.05) is 15.9 Å². The lowest BCUT2D eigenvalue weighted by atomic mass is 10.7. The van der Waals surface area contributed by atoms with Crippen LogP contribution in [0.3, 0.4) is 0 Å². The summed E-state index contributed by atoms with van der Waals surface area (Å²) >= 11 is 3.20. The number of hydrogen-bond donors (Lipinski definition) is 0. The second-order valence-corrected chi connectivity index (χ2v) is 1.71. The fourth-order valence-electron chi connectivity index (χ4n) is 0.341. The molecule has 1 aliphatic heterocycles. The molecule has 0 aromatic carbocycles. The van der Waals surface area contributed by atoms with Crippen LogP contribution >= 0.6 is 15.9 Å². The smallest absolute Gasteiger partial charge is 0.229 e. The summed E-state index contributed by atoms with van der Waals surface area (Å²) in [5, 5.41) is 0.743. The van der Waals surface area contributed by atoms with Crippen LogP contribution in [0.5, 0.6) is 0 Å². The summed E-state index contributed by atoms with van der Waals surface area (Å²) in [4.78, 5) is 0. The molecule has 0 saturated carbocycles. The zero-order chi connectivity index (χ0) is 5.11. The molecule has 3 heteroatoms. The average molecular weight is 165 g/mol. The van der Waals surface area contributed by atoms with Crippen molar-refractivity contribution in [2.24, 2.45) is 0 Å². The van der Waals surface area contributed by atoms with Gasteiger partial charge in [0.05, 0.1) is 5.33 Å². The van der Waals surface area contributed by atoms with E-state index in [9.17, 15) is 0 Å². The first-order valence-electron chi connectivity index (χ1n) is 1.93. The summed E-state index contributed by atoms with van der Waals surface area (Å²) in [5.41, 5.74) is 0. The van der Waals surface area contributed by atoms with Crippen LogP contribution in [0.15, 0.2) is 12.0 Å². The molecule has 0 saturated heterocycles. The van der Waals surface area contributed by atoms with Crippen LogP contribution in [0.4, 0.5) is 0 Å². The summed E-state index contributed by atoms with van der Waals surface area (Å²) in [6.45, 7) is 0.376. The first-order valence-corrected chi connectivity index (χ1v) is 3.05. The lowest BCUT2D eigenvalue weighted by molar-refractivity contribution is 0.0820. The molecule has 0 fully saturated rings. The maximum absolute atomic E-state index is 4.89. The van der Waals surface area contributed by atoms with Crippen LogP contribution in [0.1, 0.15) is 0 Å². The van der Waals surface area contributed by atoms with Gasteiger partial charge in [-0.2, -0.15) is 0 Å². The van der Waals surface area contributed by atoms with E-state index in [0.717, 1.165) is 11.1 Å². The summed E-state index contributed by atoms with van der Waals surface area (Å²) in [5.74, 6) is 0.861. The Morgan fingerprint density at radius 1 is 1.86 bits per heavy atom. The molecule has 7 heavy (non-hydrogen) atoms. The van der Waals surface area contributed by atoms with Crippen molar-refractivity contribution in [2.45, 2.75) is 0 Å². The van der Waals surface area contributed by atoms with E-state index in [1.807, 2.05) is 0 Å². The summed E-state index contributed by atoms with van der Waals surface area (Å²) in [6, 6.07) is 0. The first-order chi connectivity index (χ1) is 3.43. The molecule has 0 aliphatic carbocycles. The molecule has 0 aromatic rings. The Hall–Kier alpha value is -0.180. The van der Waals surface area contributed by atoms with Crippen molar-refractivity contribution in [3.8, 4) is 0 Å². The zero-order valence-electron chi connectivity index (χ0n) is 3.69. The summed E-state index contributed by atoms with van der Waals surface area (Å²) < 4.78 is 9.63. The van der Waals surface area contributed by atoms with Gasteiger partial charge in [0.15, 0.2) is 0 Å². The minimum atomic E-state index is 0.376. The number of ether oxygens (including phenoxy) is 2. The summed E-state index contributed by atoms with van der Waals surface area (Å²) in [7, 11) is 0. The van der Waals surface area contributed by atoms with Crippen molar-refractivity contribution in [2.75, 3.05) is 12.1 Å². The van der Waals surface area contributed by atoms with E-state index in [0.29, 0.717) is 6.79 Å². The molecule has 1 aliphatic rings. The van der Waals surface area contributed by atoms with Crippen LogP contribution in [0, 0.1) is 0 Å². The quantitative estimate of drug-likeness (QED) is 0.544. The lowest BCUT2D eigenvalue weighted by Crippen LogP contribution is -1.84. The van der Waals surface area contributed by atoms with Crippen LogP contribution in [-0.4, -0.2) is 12.1 Å². The normalized spacial score (nSPS) is 17.6. The molecule has 0 unspecified atom stereocenters. The highest BCUT2D eigenvalue weighted by Gasteiger charge is 2.01. The molecule has 1 heterocycles. The van der Waals surface area contributed by atoms with E-state index in [-0.39, 0.29) is 0 Å². The van der Waals surface area contributed by atoms with Crippen LogP contribution in [0.2, 0.25) is 0 Å². The molecule has 0 bridgehead atoms. The maximum Gasteiger partial charge on any atom is 0.229 e. The molecule has 2 nitrogen and oxygen atoms in total. The molecule has 1 rings (SSSR count). The highest BCUT2D eigenvalue weighted by molar-refractivity contribution is 9.09.